The topological polar surface area (TPSA) is 108 Å². The van der Waals surface area contributed by atoms with Crippen LogP contribution in [0.25, 0.3) is 0 Å². The van der Waals surface area contributed by atoms with Gasteiger partial charge in [-0.2, -0.15) is 0 Å². The molecular formula is C30H32N2O5. The number of nitrogens with one attached hydrogen (secondary N) is 1. The molecule has 1 aromatic heterocycles. The number of carboxylic acid groups (broad SMARTS) is 1. The van der Waals surface area contributed by atoms with Gasteiger partial charge in [-0.25, -0.2) is 0 Å². The van der Waals surface area contributed by atoms with Gasteiger partial charge in [0.05, 0.1) is 0 Å². The average molecular weight is 501 g/mol. The number of nitrogens with zero attached hydrogens (tertiary/aromatic N) is 1. The zero-order valence-corrected chi connectivity index (χ0v) is 21.2. The van der Waals surface area contributed by atoms with Crippen molar-refractivity contribution in [2.75, 3.05) is 13.1 Å². The summed E-state index contributed by atoms with van der Waals surface area (Å²) in [6.45, 7) is 4.80. The molecule has 0 saturated carbocycles. The number of hydrogen-bond donors (Lipinski definition) is 2. The van der Waals surface area contributed by atoms with E-state index in [2.05, 4.69) is 4.98 Å². The number of piperidine rings is 1. The highest BCUT2D eigenvalue weighted by Crippen LogP contribution is 2.32. The van der Waals surface area contributed by atoms with E-state index in [1.54, 1.807) is 30.0 Å². The first-order valence-electron chi connectivity index (χ1n) is 12.6. The predicted octanol–water partition coefficient (Wildman–Crippen LogP) is 4.72. The number of benzene rings is 2. The van der Waals surface area contributed by atoms with Crippen LogP contribution in [0.15, 0.2) is 65.6 Å². The lowest BCUT2D eigenvalue weighted by molar-refractivity contribution is -0.138. The van der Waals surface area contributed by atoms with E-state index in [1.165, 1.54) is 6.20 Å². The van der Waals surface area contributed by atoms with Crippen molar-refractivity contribution in [3.63, 3.8) is 0 Å². The highest BCUT2D eigenvalue weighted by molar-refractivity contribution is 5.97. The van der Waals surface area contributed by atoms with Crippen LogP contribution in [0.1, 0.15) is 74.6 Å². The molecule has 3 aromatic rings. The quantitative estimate of drug-likeness (QED) is 0.435. The molecule has 0 spiro atoms. The maximum atomic E-state index is 13.2. The van der Waals surface area contributed by atoms with Gasteiger partial charge in [0.1, 0.15) is 0 Å². The first-order chi connectivity index (χ1) is 17.7. The SMILES string of the molecule is Cc1ccccc1C(CC(=O)c1c[nH]c(=O)c(C)c1)c1ccc(C(=O)N2CCC(CC(=O)O)CC2)cc1. The minimum atomic E-state index is -0.794. The van der Waals surface area contributed by atoms with Gasteiger partial charge in [0.25, 0.3) is 11.5 Å². The van der Waals surface area contributed by atoms with Crippen LogP contribution in [0.2, 0.25) is 0 Å². The fourth-order valence-corrected chi connectivity index (χ4v) is 5.07. The number of carbonyl (C=O) groups excluding carboxylic acids is 2. The normalized spacial score (nSPS) is 14.8. The van der Waals surface area contributed by atoms with Gasteiger partial charge < -0.3 is 15.0 Å². The molecule has 7 heteroatoms. The third-order valence-corrected chi connectivity index (χ3v) is 7.29. The van der Waals surface area contributed by atoms with Crippen LogP contribution < -0.4 is 5.56 Å². The Hall–Kier alpha value is -4.00. The van der Waals surface area contributed by atoms with E-state index in [0.717, 1.165) is 16.7 Å². The molecule has 1 unspecified atom stereocenters. The molecule has 4 rings (SSSR count). The Bertz CT molecular complexity index is 1350. The number of ketones is 1. The number of aryl methyl sites for hydroxylation is 2. The zero-order valence-electron chi connectivity index (χ0n) is 21.2. The highest BCUT2D eigenvalue weighted by atomic mass is 16.4. The molecule has 0 aliphatic carbocycles. The van der Waals surface area contributed by atoms with Crippen molar-refractivity contribution in [1.29, 1.82) is 0 Å². The van der Waals surface area contributed by atoms with E-state index < -0.39 is 5.97 Å². The van der Waals surface area contributed by atoms with Crippen LogP contribution in [-0.2, 0) is 4.79 Å². The van der Waals surface area contributed by atoms with Crippen molar-refractivity contribution < 1.29 is 19.5 Å². The number of aromatic nitrogens is 1. The van der Waals surface area contributed by atoms with Crippen molar-refractivity contribution in [3.8, 4) is 0 Å². The molecule has 37 heavy (non-hydrogen) atoms. The van der Waals surface area contributed by atoms with Crippen LogP contribution in [0.3, 0.4) is 0 Å². The molecule has 1 atom stereocenters. The summed E-state index contributed by atoms with van der Waals surface area (Å²) < 4.78 is 0. The standard InChI is InChI=1S/C30H32N2O5/c1-19-5-3-4-6-25(19)26(17-27(33)24-15-20(2)29(36)31-18-24)22-7-9-23(10-8-22)30(37)32-13-11-21(12-14-32)16-28(34)35/h3-10,15,18,21,26H,11-14,16-17H2,1-2H3,(H,31,36)(H,34,35). The second kappa shape index (κ2) is 11.4. The number of hydrogen-bond acceptors (Lipinski definition) is 4. The van der Waals surface area contributed by atoms with Gasteiger partial charge in [-0.15, -0.1) is 0 Å². The summed E-state index contributed by atoms with van der Waals surface area (Å²) in [7, 11) is 0. The number of amides is 1. The monoisotopic (exact) mass is 500 g/mol. The van der Waals surface area contributed by atoms with Gasteiger partial charge >= 0.3 is 5.97 Å². The Labute approximate surface area is 216 Å². The summed E-state index contributed by atoms with van der Waals surface area (Å²) in [6, 6.07) is 17.0. The Balaban J connectivity index is 1.54. The molecule has 1 saturated heterocycles. The van der Waals surface area contributed by atoms with Crippen molar-refractivity contribution >= 4 is 17.7 Å². The molecule has 2 N–H and O–H groups in total. The summed E-state index contributed by atoms with van der Waals surface area (Å²) >= 11 is 0. The molecule has 1 fully saturated rings. The lowest BCUT2D eigenvalue weighted by Crippen LogP contribution is -2.38. The molecular weight excluding hydrogens is 468 g/mol. The zero-order chi connectivity index (χ0) is 26.5. The summed E-state index contributed by atoms with van der Waals surface area (Å²) in [4.78, 5) is 53.4. The van der Waals surface area contributed by atoms with E-state index in [9.17, 15) is 19.2 Å². The summed E-state index contributed by atoms with van der Waals surface area (Å²) in [5, 5.41) is 9.02. The molecule has 7 nitrogen and oxygen atoms in total. The lowest BCUT2D eigenvalue weighted by atomic mass is 9.83. The lowest BCUT2D eigenvalue weighted by Gasteiger charge is -2.31. The van der Waals surface area contributed by atoms with Crippen molar-refractivity contribution in [2.45, 2.75) is 45.4 Å². The fourth-order valence-electron chi connectivity index (χ4n) is 5.07. The van der Waals surface area contributed by atoms with Gasteiger partial charge in [0.15, 0.2) is 5.78 Å². The highest BCUT2D eigenvalue weighted by Gasteiger charge is 2.26. The van der Waals surface area contributed by atoms with E-state index in [0.29, 0.717) is 42.6 Å². The van der Waals surface area contributed by atoms with Gasteiger partial charge in [0, 0.05) is 54.7 Å². The van der Waals surface area contributed by atoms with Crippen molar-refractivity contribution in [3.05, 3.63) is 105 Å². The van der Waals surface area contributed by atoms with E-state index in [4.69, 9.17) is 5.11 Å². The van der Waals surface area contributed by atoms with Gasteiger partial charge in [-0.05, 0) is 67.5 Å². The molecule has 2 aromatic carbocycles. The molecule has 1 aliphatic rings. The summed E-state index contributed by atoms with van der Waals surface area (Å²) in [6.07, 6.45) is 3.22. The Morgan fingerprint density at radius 2 is 1.65 bits per heavy atom. The largest absolute Gasteiger partial charge is 0.481 e. The summed E-state index contributed by atoms with van der Waals surface area (Å²) in [5.74, 6) is -1.03. The Morgan fingerprint density at radius 3 is 2.27 bits per heavy atom. The van der Waals surface area contributed by atoms with Crippen LogP contribution >= 0.6 is 0 Å². The second-order valence-electron chi connectivity index (χ2n) is 9.89. The number of H-pyrrole nitrogens is 1. The maximum Gasteiger partial charge on any atom is 0.303 e. The van der Waals surface area contributed by atoms with Crippen LogP contribution in [0, 0.1) is 19.8 Å². The third kappa shape index (κ3) is 6.23. The second-order valence-corrected chi connectivity index (χ2v) is 9.89. The third-order valence-electron chi connectivity index (χ3n) is 7.29. The number of carboxylic acids is 1. The smallest absolute Gasteiger partial charge is 0.303 e. The molecule has 192 valence electrons. The first-order valence-corrected chi connectivity index (χ1v) is 12.6. The van der Waals surface area contributed by atoms with E-state index >= 15 is 0 Å². The minimum Gasteiger partial charge on any atom is -0.481 e. The molecule has 0 radical (unpaired) electrons. The molecule has 1 amide bonds. The van der Waals surface area contributed by atoms with Gasteiger partial charge in [-0.1, -0.05) is 36.4 Å². The average Bonchev–Trinajstić information content (AvgIpc) is 2.89. The number of carbonyl (C=O) groups is 3. The van der Waals surface area contributed by atoms with Gasteiger partial charge in [-0.3, -0.25) is 19.2 Å². The molecule has 2 heterocycles. The molecule has 0 bridgehead atoms. The number of likely N-dealkylation sites (tertiary alicyclic amines) is 1. The van der Waals surface area contributed by atoms with Crippen molar-refractivity contribution in [2.24, 2.45) is 5.92 Å². The summed E-state index contributed by atoms with van der Waals surface area (Å²) in [5.41, 5.74) is 4.37. The molecule has 1 aliphatic heterocycles. The maximum absolute atomic E-state index is 13.2. The van der Waals surface area contributed by atoms with E-state index in [-0.39, 0.29) is 41.9 Å². The Morgan fingerprint density at radius 1 is 0.973 bits per heavy atom. The van der Waals surface area contributed by atoms with Gasteiger partial charge in [0.2, 0.25) is 0 Å². The number of aliphatic carboxylic acids is 1. The Kier molecular flexibility index (Phi) is 8.01. The van der Waals surface area contributed by atoms with Crippen LogP contribution in [0.5, 0.6) is 0 Å². The first kappa shape index (κ1) is 26.1. The minimum absolute atomic E-state index is 0.0624. The van der Waals surface area contributed by atoms with Crippen LogP contribution in [0.4, 0.5) is 0 Å². The number of rotatable bonds is 8. The fraction of sp³-hybridized carbons (Fsp3) is 0.333. The van der Waals surface area contributed by atoms with Crippen LogP contribution in [-0.4, -0.2) is 45.7 Å². The van der Waals surface area contributed by atoms with Crippen molar-refractivity contribution in [1.82, 2.24) is 9.88 Å². The van der Waals surface area contributed by atoms with E-state index in [1.807, 2.05) is 43.3 Å². The number of Topliss-reactive ketones (excluding diaryl/α,β-unsaturated/α-hetero) is 1. The number of aromatic amines is 1. The number of pyridine rings is 1. The predicted molar refractivity (Wildman–Crippen MR) is 141 cm³/mol.